The number of carbonyl (C=O) groups is 2. The summed E-state index contributed by atoms with van der Waals surface area (Å²) in [5, 5.41) is 0.487. The van der Waals surface area contributed by atoms with Gasteiger partial charge in [0.1, 0.15) is 10.6 Å². The first-order valence-electron chi connectivity index (χ1n) is 7.66. The molecule has 2 rings (SSSR count). The highest BCUT2D eigenvalue weighted by Crippen LogP contribution is 2.36. The van der Waals surface area contributed by atoms with Gasteiger partial charge in [-0.2, -0.15) is 0 Å². The van der Waals surface area contributed by atoms with E-state index in [4.69, 9.17) is 15.2 Å². The average Bonchev–Trinajstić information content (AvgIpc) is 2.87. The van der Waals surface area contributed by atoms with Crippen LogP contribution in [0.4, 0.5) is 9.80 Å². The smallest absolute Gasteiger partial charge is 0.410 e. The Kier molecular flexibility index (Phi) is 5.19. The molecule has 1 aliphatic rings. The van der Waals surface area contributed by atoms with Crippen LogP contribution in [0, 0.1) is 0 Å². The Bertz CT molecular complexity index is 583. The van der Waals surface area contributed by atoms with Crippen molar-refractivity contribution in [2.75, 3.05) is 25.9 Å². The van der Waals surface area contributed by atoms with Gasteiger partial charge in [-0.3, -0.25) is 0 Å². The lowest BCUT2D eigenvalue weighted by molar-refractivity contribution is 0.0205. The van der Waals surface area contributed by atoms with Crippen molar-refractivity contribution in [2.24, 2.45) is 0 Å². The van der Waals surface area contributed by atoms with Gasteiger partial charge < -0.3 is 20.1 Å². The first-order valence-corrected chi connectivity index (χ1v) is 8.48. The summed E-state index contributed by atoms with van der Waals surface area (Å²) < 4.78 is 10.1. The van der Waals surface area contributed by atoms with E-state index in [1.54, 1.807) is 4.90 Å². The summed E-state index contributed by atoms with van der Waals surface area (Å²) in [5.74, 6) is -0.101. The van der Waals surface area contributed by atoms with Crippen LogP contribution < -0.4 is 5.73 Å². The van der Waals surface area contributed by atoms with Crippen LogP contribution in [0.25, 0.3) is 0 Å². The first kappa shape index (κ1) is 17.6. The minimum absolute atomic E-state index is 0.267. The minimum atomic E-state index is -0.481. The van der Waals surface area contributed by atoms with Crippen molar-refractivity contribution in [3.63, 3.8) is 0 Å². The quantitative estimate of drug-likeness (QED) is 0.836. The Morgan fingerprint density at radius 2 is 1.91 bits per heavy atom. The number of amides is 1. The molecule has 128 valence electrons. The lowest BCUT2D eigenvalue weighted by atomic mass is 9.95. The molecule has 2 N–H and O–H groups in total. The molecule has 1 aromatic rings. The number of likely N-dealkylation sites (tertiary alicyclic amines) is 1. The second kappa shape index (κ2) is 6.78. The van der Waals surface area contributed by atoms with Gasteiger partial charge in [0.2, 0.25) is 0 Å². The van der Waals surface area contributed by atoms with Gasteiger partial charge in [0, 0.05) is 18.0 Å². The van der Waals surface area contributed by atoms with Crippen LogP contribution in [0.15, 0.2) is 6.07 Å². The van der Waals surface area contributed by atoms with Gasteiger partial charge in [-0.25, -0.2) is 9.59 Å². The molecule has 7 heteroatoms. The van der Waals surface area contributed by atoms with Crippen LogP contribution in [0.1, 0.15) is 54.8 Å². The van der Waals surface area contributed by atoms with Crippen molar-refractivity contribution in [3.05, 3.63) is 16.5 Å². The molecule has 6 nitrogen and oxygen atoms in total. The van der Waals surface area contributed by atoms with E-state index < -0.39 is 11.6 Å². The summed E-state index contributed by atoms with van der Waals surface area (Å²) in [6, 6.07) is 1.82. The Morgan fingerprint density at radius 3 is 2.43 bits per heavy atom. The summed E-state index contributed by atoms with van der Waals surface area (Å²) in [6.07, 6.45) is 1.40. The number of hydrogen-bond donors (Lipinski definition) is 1. The molecule has 1 aromatic heterocycles. The number of rotatable bonds is 2. The van der Waals surface area contributed by atoms with Crippen molar-refractivity contribution < 1.29 is 19.1 Å². The van der Waals surface area contributed by atoms with Crippen molar-refractivity contribution in [3.8, 4) is 0 Å². The van der Waals surface area contributed by atoms with E-state index in [-0.39, 0.29) is 6.09 Å². The van der Waals surface area contributed by atoms with E-state index >= 15 is 0 Å². The molecule has 0 unspecified atom stereocenters. The molecule has 0 saturated carbocycles. The van der Waals surface area contributed by atoms with Crippen molar-refractivity contribution >= 4 is 28.4 Å². The average molecular weight is 340 g/mol. The Balaban J connectivity index is 1.97. The molecule has 1 amide bonds. The fraction of sp³-hybridized carbons (Fsp3) is 0.625. The number of anilines is 1. The third-order valence-corrected chi connectivity index (χ3v) is 4.86. The maximum absolute atomic E-state index is 12.1. The Labute approximate surface area is 140 Å². The Morgan fingerprint density at radius 1 is 1.30 bits per heavy atom. The number of nitrogens with zero attached hydrogens (tertiary/aromatic N) is 1. The monoisotopic (exact) mass is 340 g/mol. The summed E-state index contributed by atoms with van der Waals surface area (Å²) in [4.78, 5) is 26.5. The number of ether oxygens (including phenoxy) is 2. The highest BCUT2D eigenvalue weighted by atomic mass is 32.1. The van der Waals surface area contributed by atoms with Crippen LogP contribution >= 0.6 is 11.3 Å². The van der Waals surface area contributed by atoms with E-state index in [0.29, 0.717) is 29.6 Å². The molecule has 1 aliphatic heterocycles. The van der Waals surface area contributed by atoms with Crippen molar-refractivity contribution in [2.45, 2.75) is 45.1 Å². The lowest BCUT2D eigenvalue weighted by Gasteiger charge is -2.33. The second-order valence-electron chi connectivity index (χ2n) is 6.66. The third kappa shape index (κ3) is 4.37. The van der Waals surface area contributed by atoms with Gasteiger partial charge in [-0.05, 0) is 45.6 Å². The van der Waals surface area contributed by atoms with Gasteiger partial charge in [-0.1, -0.05) is 0 Å². The van der Waals surface area contributed by atoms with Gasteiger partial charge in [0.05, 0.1) is 12.7 Å². The van der Waals surface area contributed by atoms with Gasteiger partial charge in [0.25, 0.3) is 0 Å². The highest BCUT2D eigenvalue weighted by molar-refractivity contribution is 7.16. The van der Waals surface area contributed by atoms with E-state index in [1.165, 1.54) is 18.4 Å². The molecule has 1 fully saturated rings. The van der Waals surface area contributed by atoms with Crippen LogP contribution in [0.3, 0.4) is 0 Å². The zero-order valence-corrected chi connectivity index (χ0v) is 14.9. The summed E-state index contributed by atoms with van der Waals surface area (Å²) in [6.45, 7) is 6.87. The molecule has 0 atom stereocenters. The van der Waals surface area contributed by atoms with Crippen LogP contribution in [-0.4, -0.2) is 42.8 Å². The fourth-order valence-corrected chi connectivity index (χ4v) is 3.65. The molecule has 0 radical (unpaired) electrons. The van der Waals surface area contributed by atoms with E-state index in [2.05, 4.69) is 0 Å². The molecule has 23 heavy (non-hydrogen) atoms. The van der Waals surface area contributed by atoms with Gasteiger partial charge in [-0.15, -0.1) is 11.3 Å². The molecular formula is C16H24N2O4S. The van der Waals surface area contributed by atoms with E-state index in [9.17, 15) is 9.59 Å². The highest BCUT2D eigenvalue weighted by Gasteiger charge is 2.29. The predicted octanol–water partition coefficient (Wildman–Crippen LogP) is 3.23. The SMILES string of the molecule is COC(=O)c1cc(C2CCN(C(=O)OC(C)(C)C)CC2)sc1N. The van der Waals surface area contributed by atoms with Gasteiger partial charge >= 0.3 is 12.1 Å². The zero-order chi connectivity index (χ0) is 17.2. The largest absolute Gasteiger partial charge is 0.465 e. The predicted molar refractivity (Wildman–Crippen MR) is 89.9 cm³/mol. The number of hydrogen-bond acceptors (Lipinski definition) is 6. The number of piperidine rings is 1. The van der Waals surface area contributed by atoms with E-state index in [1.807, 2.05) is 26.8 Å². The summed E-state index contributed by atoms with van der Waals surface area (Å²) in [5.41, 5.74) is 5.85. The van der Waals surface area contributed by atoms with Crippen LogP contribution in [0.2, 0.25) is 0 Å². The Hall–Kier alpha value is -1.76. The molecule has 1 saturated heterocycles. The molecule has 0 aromatic carbocycles. The normalized spacial score (nSPS) is 16.3. The number of nitrogens with two attached hydrogens (primary N) is 1. The summed E-state index contributed by atoms with van der Waals surface area (Å²) in [7, 11) is 1.35. The van der Waals surface area contributed by atoms with Crippen LogP contribution in [0.5, 0.6) is 0 Å². The number of nitrogen functional groups attached to an aromatic ring is 1. The van der Waals surface area contributed by atoms with Gasteiger partial charge in [0.15, 0.2) is 0 Å². The maximum Gasteiger partial charge on any atom is 0.410 e. The standard InChI is InChI=1S/C16H24N2O4S/c1-16(2,3)22-15(20)18-7-5-10(6-8-18)12-9-11(13(17)23-12)14(19)21-4/h9-10H,5-8,17H2,1-4H3. The molecule has 0 bridgehead atoms. The molecule has 0 spiro atoms. The molecular weight excluding hydrogens is 316 g/mol. The number of thiophene rings is 1. The number of methoxy groups -OCH3 is 1. The topological polar surface area (TPSA) is 81.9 Å². The first-order chi connectivity index (χ1) is 10.7. The fourth-order valence-electron chi connectivity index (χ4n) is 2.57. The third-order valence-electron chi connectivity index (χ3n) is 3.73. The second-order valence-corrected chi connectivity index (χ2v) is 7.78. The van der Waals surface area contributed by atoms with Crippen molar-refractivity contribution in [1.29, 1.82) is 0 Å². The zero-order valence-electron chi connectivity index (χ0n) is 14.0. The van der Waals surface area contributed by atoms with E-state index in [0.717, 1.165) is 17.7 Å². The molecule has 0 aliphatic carbocycles. The van der Waals surface area contributed by atoms with Crippen LogP contribution in [-0.2, 0) is 9.47 Å². The lowest BCUT2D eigenvalue weighted by Crippen LogP contribution is -2.41. The molecule has 2 heterocycles. The number of esters is 1. The minimum Gasteiger partial charge on any atom is -0.465 e. The summed E-state index contributed by atoms with van der Waals surface area (Å²) >= 11 is 1.43. The van der Waals surface area contributed by atoms with Crippen molar-refractivity contribution in [1.82, 2.24) is 4.90 Å². The maximum atomic E-state index is 12.1. The number of carbonyl (C=O) groups excluding carboxylic acids is 2.